The average Bonchev–Trinajstić information content (AvgIpc) is 2.47. The Kier molecular flexibility index (Phi) is 4.24. The number of pyridine rings is 1. The van der Waals surface area contributed by atoms with Gasteiger partial charge in [-0.05, 0) is 17.7 Å². The van der Waals surface area contributed by atoms with E-state index < -0.39 is 12.1 Å². The van der Waals surface area contributed by atoms with Crippen molar-refractivity contribution < 1.29 is 9.90 Å². The molecule has 0 aliphatic carbocycles. The van der Waals surface area contributed by atoms with Gasteiger partial charge in [0.25, 0.3) is 0 Å². The van der Waals surface area contributed by atoms with Crippen molar-refractivity contribution >= 4 is 5.91 Å². The summed E-state index contributed by atoms with van der Waals surface area (Å²) >= 11 is 0. The first-order valence-electron chi connectivity index (χ1n) is 6.03. The molecular formula is C12H18N4O2. The van der Waals surface area contributed by atoms with Crippen molar-refractivity contribution in [1.82, 2.24) is 15.2 Å². The van der Waals surface area contributed by atoms with Gasteiger partial charge in [0.1, 0.15) is 12.1 Å². The van der Waals surface area contributed by atoms with E-state index >= 15 is 0 Å². The van der Waals surface area contributed by atoms with Gasteiger partial charge in [-0.25, -0.2) is 0 Å². The van der Waals surface area contributed by atoms with Crippen LogP contribution < -0.4 is 11.1 Å². The highest BCUT2D eigenvalue weighted by atomic mass is 16.3. The van der Waals surface area contributed by atoms with Crippen molar-refractivity contribution in [3.8, 4) is 0 Å². The first-order chi connectivity index (χ1) is 8.70. The summed E-state index contributed by atoms with van der Waals surface area (Å²) in [5, 5.41) is 13.2. The molecule has 2 unspecified atom stereocenters. The zero-order chi connectivity index (χ0) is 13.0. The highest BCUT2D eigenvalue weighted by molar-refractivity contribution is 5.82. The fourth-order valence-corrected chi connectivity index (χ4v) is 2.00. The van der Waals surface area contributed by atoms with Crippen molar-refractivity contribution in [3.05, 3.63) is 30.1 Å². The summed E-state index contributed by atoms with van der Waals surface area (Å²) in [5.74, 6) is -0.208. The van der Waals surface area contributed by atoms with E-state index in [4.69, 9.17) is 5.73 Å². The molecule has 2 heterocycles. The molecule has 1 aromatic heterocycles. The van der Waals surface area contributed by atoms with Gasteiger partial charge in [-0.2, -0.15) is 0 Å². The second kappa shape index (κ2) is 5.90. The lowest BCUT2D eigenvalue weighted by atomic mass is 10.0. The Labute approximate surface area is 106 Å². The predicted octanol–water partition coefficient (Wildman–Crippen LogP) is -1.13. The molecule has 6 heteroatoms. The van der Waals surface area contributed by atoms with Gasteiger partial charge >= 0.3 is 0 Å². The summed E-state index contributed by atoms with van der Waals surface area (Å²) in [6, 6.07) is 2.40. The van der Waals surface area contributed by atoms with Gasteiger partial charge in [0.15, 0.2) is 0 Å². The van der Waals surface area contributed by atoms with Crippen molar-refractivity contribution in [1.29, 1.82) is 0 Å². The lowest BCUT2D eigenvalue weighted by Gasteiger charge is -2.31. The lowest BCUT2D eigenvalue weighted by molar-refractivity contribution is -0.135. The van der Waals surface area contributed by atoms with E-state index in [1.165, 1.54) is 0 Å². The predicted molar refractivity (Wildman–Crippen MR) is 66.6 cm³/mol. The smallest absolute Gasteiger partial charge is 0.242 e. The number of rotatable bonds is 3. The highest BCUT2D eigenvalue weighted by Gasteiger charge is 2.28. The second-order valence-corrected chi connectivity index (χ2v) is 4.33. The summed E-state index contributed by atoms with van der Waals surface area (Å²) < 4.78 is 0. The van der Waals surface area contributed by atoms with E-state index in [0.29, 0.717) is 18.7 Å². The van der Waals surface area contributed by atoms with Crippen LogP contribution in [0.1, 0.15) is 11.7 Å². The van der Waals surface area contributed by atoms with E-state index in [1.54, 1.807) is 29.4 Å². The lowest BCUT2D eigenvalue weighted by Crippen LogP contribution is -2.53. The zero-order valence-electron chi connectivity index (χ0n) is 10.1. The van der Waals surface area contributed by atoms with Gasteiger partial charge < -0.3 is 21.1 Å². The number of aromatic nitrogens is 1. The molecular weight excluding hydrogens is 232 g/mol. The van der Waals surface area contributed by atoms with Gasteiger partial charge in [0.2, 0.25) is 5.91 Å². The Morgan fingerprint density at radius 1 is 1.39 bits per heavy atom. The topological polar surface area (TPSA) is 91.5 Å². The normalized spacial score (nSPS) is 19.3. The number of carbonyl (C=O) groups excluding carboxylic acids is 1. The van der Waals surface area contributed by atoms with Crippen molar-refractivity contribution in [2.45, 2.75) is 12.1 Å². The van der Waals surface area contributed by atoms with Crippen LogP contribution in [0.15, 0.2) is 24.5 Å². The van der Waals surface area contributed by atoms with Crippen molar-refractivity contribution in [2.24, 2.45) is 5.73 Å². The molecule has 0 spiro atoms. The number of nitrogens with zero attached hydrogens (tertiary/aromatic N) is 2. The molecule has 2 atom stereocenters. The van der Waals surface area contributed by atoms with Crippen LogP contribution in [0.5, 0.6) is 0 Å². The molecule has 0 aromatic carbocycles. The molecule has 18 heavy (non-hydrogen) atoms. The Hall–Kier alpha value is -1.50. The summed E-state index contributed by atoms with van der Waals surface area (Å²) in [6.45, 7) is 2.80. The number of aliphatic hydroxyl groups excluding tert-OH is 1. The van der Waals surface area contributed by atoms with Crippen LogP contribution in [0.25, 0.3) is 0 Å². The van der Waals surface area contributed by atoms with Gasteiger partial charge in [0, 0.05) is 38.6 Å². The maximum Gasteiger partial charge on any atom is 0.242 e. The molecule has 2 rings (SSSR count). The molecule has 1 aromatic rings. The summed E-state index contributed by atoms with van der Waals surface area (Å²) in [6.07, 6.45) is 2.15. The maximum atomic E-state index is 12.1. The quantitative estimate of drug-likeness (QED) is 0.631. The second-order valence-electron chi connectivity index (χ2n) is 4.33. The number of piperazine rings is 1. The minimum atomic E-state index is -0.990. The maximum absolute atomic E-state index is 12.1. The zero-order valence-corrected chi connectivity index (χ0v) is 10.1. The Morgan fingerprint density at radius 3 is 2.61 bits per heavy atom. The van der Waals surface area contributed by atoms with Crippen LogP contribution in [-0.4, -0.2) is 53.1 Å². The number of amides is 1. The van der Waals surface area contributed by atoms with E-state index in [-0.39, 0.29) is 5.91 Å². The summed E-state index contributed by atoms with van der Waals surface area (Å²) in [7, 11) is 0. The highest BCUT2D eigenvalue weighted by Crippen LogP contribution is 2.16. The van der Waals surface area contributed by atoms with Gasteiger partial charge in [0.05, 0.1) is 0 Å². The molecule has 1 fully saturated rings. The number of hydrogen-bond acceptors (Lipinski definition) is 5. The average molecular weight is 250 g/mol. The van der Waals surface area contributed by atoms with E-state index in [0.717, 1.165) is 13.1 Å². The molecule has 0 bridgehead atoms. The number of hydrogen-bond donors (Lipinski definition) is 3. The first kappa shape index (κ1) is 12.9. The molecule has 6 nitrogen and oxygen atoms in total. The van der Waals surface area contributed by atoms with Gasteiger partial charge in [-0.15, -0.1) is 0 Å². The van der Waals surface area contributed by atoms with E-state index in [2.05, 4.69) is 10.3 Å². The first-order valence-corrected chi connectivity index (χ1v) is 6.03. The number of nitrogens with two attached hydrogens (primary N) is 1. The summed E-state index contributed by atoms with van der Waals surface area (Å²) in [5.41, 5.74) is 6.45. The number of nitrogens with one attached hydrogen (secondary N) is 1. The third-order valence-electron chi connectivity index (χ3n) is 3.10. The van der Waals surface area contributed by atoms with Crippen LogP contribution in [0, 0.1) is 0 Å². The number of aliphatic hydroxyl groups is 1. The molecule has 1 aliphatic rings. The van der Waals surface area contributed by atoms with Crippen LogP contribution in [-0.2, 0) is 4.79 Å². The van der Waals surface area contributed by atoms with E-state index in [9.17, 15) is 9.90 Å². The van der Waals surface area contributed by atoms with E-state index in [1.807, 2.05) is 0 Å². The monoisotopic (exact) mass is 250 g/mol. The molecule has 0 saturated carbocycles. The van der Waals surface area contributed by atoms with Gasteiger partial charge in [-0.1, -0.05) is 0 Å². The Bertz CT molecular complexity index is 392. The minimum Gasteiger partial charge on any atom is -0.386 e. The van der Waals surface area contributed by atoms with Crippen LogP contribution in [0.4, 0.5) is 0 Å². The third kappa shape index (κ3) is 2.84. The largest absolute Gasteiger partial charge is 0.386 e. The van der Waals surface area contributed by atoms with Crippen molar-refractivity contribution in [3.63, 3.8) is 0 Å². The number of carbonyl (C=O) groups is 1. The SMILES string of the molecule is NC(C(=O)N1CCNCC1)C(O)c1ccncc1. The Morgan fingerprint density at radius 2 is 2.00 bits per heavy atom. The van der Waals surface area contributed by atoms with Gasteiger partial charge in [-0.3, -0.25) is 9.78 Å². The summed E-state index contributed by atoms with van der Waals surface area (Å²) in [4.78, 5) is 17.7. The molecule has 4 N–H and O–H groups in total. The molecule has 1 amide bonds. The van der Waals surface area contributed by atoms with Crippen LogP contribution in [0.3, 0.4) is 0 Å². The molecule has 1 aliphatic heterocycles. The minimum absolute atomic E-state index is 0.208. The van der Waals surface area contributed by atoms with Crippen molar-refractivity contribution in [2.75, 3.05) is 26.2 Å². The molecule has 98 valence electrons. The fourth-order valence-electron chi connectivity index (χ4n) is 2.00. The molecule has 1 saturated heterocycles. The molecule has 0 radical (unpaired) electrons. The third-order valence-corrected chi connectivity index (χ3v) is 3.10. The standard InChI is InChI=1S/C12H18N4O2/c13-10(11(17)9-1-3-14-4-2-9)12(18)16-7-5-15-6-8-16/h1-4,10-11,15,17H,5-8,13H2. The van der Waals surface area contributed by atoms with Crippen LogP contribution in [0.2, 0.25) is 0 Å². The Balaban J connectivity index is 2.01. The van der Waals surface area contributed by atoms with Crippen LogP contribution >= 0.6 is 0 Å². The fraction of sp³-hybridized carbons (Fsp3) is 0.500.